The van der Waals surface area contributed by atoms with Crippen LogP contribution in [-0.2, 0) is 6.54 Å². The highest BCUT2D eigenvalue weighted by Crippen LogP contribution is 2.31. The van der Waals surface area contributed by atoms with E-state index < -0.39 is 0 Å². The summed E-state index contributed by atoms with van der Waals surface area (Å²) in [4.78, 5) is 21.7. The second-order valence-electron chi connectivity index (χ2n) is 10.9. The van der Waals surface area contributed by atoms with Crippen molar-refractivity contribution in [2.75, 3.05) is 31.1 Å². The van der Waals surface area contributed by atoms with Crippen LogP contribution in [0.2, 0.25) is 0 Å². The zero-order chi connectivity index (χ0) is 27.8. The first-order valence-corrected chi connectivity index (χ1v) is 13.9. The largest absolute Gasteiger partial charge is 0.369 e. The lowest BCUT2D eigenvalue weighted by Gasteiger charge is -2.40. The molecule has 1 aliphatic rings. The number of aryl methyl sites for hydroxylation is 3. The molecule has 204 valence electrons. The lowest BCUT2D eigenvalue weighted by Crippen LogP contribution is -2.49. The summed E-state index contributed by atoms with van der Waals surface area (Å²) < 4.78 is 1.84. The van der Waals surface area contributed by atoms with Crippen LogP contribution in [0.5, 0.6) is 0 Å². The second-order valence-corrected chi connectivity index (χ2v) is 10.9. The van der Waals surface area contributed by atoms with E-state index in [9.17, 15) is 4.79 Å². The van der Waals surface area contributed by atoms with Gasteiger partial charge in [0, 0.05) is 37.4 Å². The van der Waals surface area contributed by atoms with Crippen molar-refractivity contribution in [3.8, 4) is 0 Å². The summed E-state index contributed by atoms with van der Waals surface area (Å²) in [7, 11) is 0. The van der Waals surface area contributed by atoms with Crippen LogP contribution in [0.25, 0.3) is 10.9 Å². The number of H-pyrrole nitrogens is 1. The van der Waals surface area contributed by atoms with Crippen LogP contribution < -0.4 is 10.5 Å². The summed E-state index contributed by atoms with van der Waals surface area (Å²) in [6.07, 6.45) is 0. The van der Waals surface area contributed by atoms with Gasteiger partial charge < -0.3 is 9.88 Å². The zero-order valence-electron chi connectivity index (χ0n) is 23.6. The molecular weight excluding hydrogens is 498 g/mol. The molecule has 6 rings (SSSR count). The van der Waals surface area contributed by atoms with Gasteiger partial charge in [0.05, 0.1) is 12.1 Å². The highest BCUT2D eigenvalue weighted by Gasteiger charge is 2.33. The van der Waals surface area contributed by atoms with E-state index >= 15 is 0 Å². The van der Waals surface area contributed by atoms with Crippen LogP contribution in [-0.4, -0.2) is 56.3 Å². The van der Waals surface area contributed by atoms with Crippen molar-refractivity contribution >= 4 is 16.6 Å². The molecule has 1 fully saturated rings. The minimum absolute atomic E-state index is 0.101. The number of fused-ring (bicyclic) bond motifs is 1. The smallest absolute Gasteiger partial charge is 0.253 e. The van der Waals surface area contributed by atoms with E-state index in [0.717, 1.165) is 53.8 Å². The minimum Gasteiger partial charge on any atom is -0.369 e. The Morgan fingerprint density at radius 3 is 2.42 bits per heavy atom. The number of pyridine rings is 1. The van der Waals surface area contributed by atoms with Gasteiger partial charge >= 0.3 is 0 Å². The average molecular weight is 534 g/mol. The molecule has 0 saturated carbocycles. The second kappa shape index (κ2) is 10.7. The van der Waals surface area contributed by atoms with Crippen molar-refractivity contribution in [1.29, 1.82) is 0 Å². The van der Waals surface area contributed by atoms with Gasteiger partial charge in [0.25, 0.3) is 5.56 Å². The Bertz CT molecular complexity index is 1720. The molecule has 0 amide bonds. The van der Waals surface area contributed by atoms with E-state index in [1.54, 1.807) is 0 Å². The van der Waals surface area contributed by atoms with Crippen LogP contribution in [0, 0.1) is 27.7 Å². The Balaban J connectivity index is 1.41. The van der Waals surface area contributed by atoms with Gasteiger partial charge in [-0.05, 0) is 84.0 Å². The fourth-order valence-corrected chi connectivity index (χ4v) is 5.98. The SMILES string of the molecule is Cc1cc(C)c2[nH]c(=O)c(C(c3nnnn3Cc3ccccc3)N3CCN(c4cccc(C)c4C)CC3)cc2c1. The number of aromatic amines is 1. The molecule has 40 heavy (non-hydrogen) atoms. The number of tetrazole rings is 1. The third-order valence-electron chi connectivity index (χ3n) is 8.19. The van der Waals surface area contributed by atoms with Gasteiger partial charge in [-0.25, -0.2) is 4.68 Å². The number of rotatable bonds is 6. The van der Waals surface area contributed by atoms with Crippen LogP contribution in [0.3, 0.4) is 0 Å². The third kappa shape index (κ3) is 4.91. The summed E-state index contributed by atoms with van der Waals surface area (Å²) in [5.74, 6) is 0.679. The summed E-state index contributed by atoms with van der Waals surface area (Å²) in [6, 6.07) is 22.5. The molecule has 0 radical (unpaired) electrons. The third-order valence-corrected chi connectivity index (χ3v) is 8.19. The Labute approximate surface area is 234 Å². The number of nitrogens with one attached hydrogen (secondary N) is 1. The molecule has 1 atom stereocenters. The Hall–Kier alpha value is -4.30. The van der Waals surface area contributed by atoms with Crippen LogP contribution in [0.4, 0.5) is 5.69 Å². The fraction of sp³-hybridized carbons (Fsp3) is 0.312. The predicted octanol–water partition coefficient (Wildman–Crippen LogP) is 4.71. The average Bonchev–Trinajstić information content (AvgIpc) is 3.39. The molecule has 1 saturated heterocycles. The van der Waals surface area contributed by atoms with Crippen LogP contribution in [0.1, 0.15) is 45.2 Å². The number of hydrogen-bond donors (Lipinski definition) is 1. The van der Waals surface area contributed by atoms with E-state index in [1.807, 2.05) is 35.9 Å². The topological polar surface area (TPSA) is 82.9 Å². The van der Waals surface area contributed by atoms with Gasteiger partial charge in [0.2, 0.25) is 0 Å². The molecule has 3 heterocycles. The maximum atomic E-state index is 13.7. The van der Waals surface area contributed by atoms with Crippen molar-refractivity contribution < 1.29 is 0 Å². The summed E-state index contributed by atoms with van der Waals surface area (Å²) in [6.45, 7) is 12.3. The molecule has 1 aliphatic heterocycles. The quantitative estimate of drug-likeness (QED) is 0.341. The molecule has 0 bridgehead atoms. The van der Waals surface area contributed by atoms with Crippen LogP contribution in [0.15, 0.2) is 71.5 Å². The summed E-state index contributed by atoms with van der Waals surface area (Å²) in [5, 5.41) is 14.0. The van der Waals surface area contributed by atoms with Crippen LogP contribution >= 0.6 is 0 Å². The van der Waals surface area contributed by atoms with Crippen molar-refractivity contribution in [3.63, 3.8) is 0 Å². The fourth-order valence-electron chi connectivity index (χ4n) is 5.98. The van der Waals surface area contributed by atoms with Crippen molar-refractivity contribution in [3.05, 3.63) is 116 Å². The molecule has 1 N–H and O–H groups in total. The van der Waals surface area contributed by atoms with E-state index in [2.05, 4.69) is 93.5 Å². The van der Waals surface area contributed by atoms with Gasteiger partial charge in [0.1, 0.15) is 6.04 Å². The van der Waals surface area contributed by atoms with E-state index in [4.69, 9.17) is 0 Å². The van der Waals surface area contributed by atoms with Gasteiger partial charge in [-0.2, -0.15) is 0 Å². The molecule has 2 aromatic heterocycles. The maximum Gasteiger partial charge on any atom is 0.253 e. The maximum absolute atomic E-state index is 13.7. The lowest BCUT2D eigenvalue weighted by molar-refractivity contribution is 0.200. The van der Waals surface area contributed by atoms with Crippen molar-refractivity contribution in [2.45, 2.75) is 40.3 Å². The number of benzene rings is 3. The lowest BCUT2D eigenvalue weighted by atomic mass is 10.00. The van der Waals surface area contributed by atoms with E-state index in [-0.39, 0.29) is 11.6 Å². The van der Waals surface area contributed by atoms with Crippen molar-refractivity contribution in [1.82, 2.24) is 30.1 Å². The first-order chi connectivity index (χ1) is 19.4. The predicted molar refractivity (Wildman–Crippen MR) is 159 cm³/mol. The van der Waals surface area contributed by atoms with Crippen molar-refractivity contribution in [2.24, 2.45) is 0 Å². The molecule has 1 unspecified atom stereocenters. The first kappa shape index (κ1) is 26.0. The number of hydrogen-bond acceptors (Lipinski definition) is 6. The van der Waals surface area contributed by atoms with E-state index in [1.165, 1.54) is 16.8 Å². The highest BCUT2D eigenvalue weighted by atomic mass is 16.1. The number of nitrogens with zero attached hydrogens (tertiary/aromatic N) is 6. The molecular formula is C32H35N7O. The summed E-state index contributed by atoms with van der Waals surface area (Å²) >= 11 is 0. The Morgan fingerprint density at radius 2 is 1.65 bits per heavy atom. The van der Waals surface area contributed by atoms with E-state index in [0.29, 0.717) is 17.9 Å². The molecule has 0 aliphatic carbocycles. The molecule has 5 aromatic rings. The molecule has 8 nitrogen and oxygen atoms in total. The molecule has 3 aromatic carbocycles. The molecule has 8 heteroatoms. The minimum atomic E-state index is -0.381. The number of anilines is 1. The normalized spacial score (nSPS) is 15.1. The van der Waals surface area contributed by atoms with Gasteiger partial charge in [-0.1, -0.05) is 54.1 Å². The number of piperazine rings is 1. The first-order valence-electron chi connectivity index (χ1n) is 13.9. The number of aromatic nitrogens is 5. The summed E-state index contributed by atoms with van der Waals surface area (Å²) in [5.41, 5.74) is 8.66. The van der Waals surface area contributed by atoms with Gasteiger partial charge in [0.15, 0.2) is 5.82 Å². The Kier molecular flexibility index (Phi) is 6.94. The highest BCUT2D eigenvalue weighted by molar-refractivity contribution is 5.83. The standard InChI is InChI=1S/C32H35N7O/c1-21-17-23(3)29-26(18-21)19-27(32(40)33-29)30(31-34-35-36-39(31)20-25-10-6-5-7-11-25)38-15-13-37(14-16-38)28-12-8-9-22(2)24(28)4/h5-12,17-19,30H,13-16,20H2,1-4H3,(H,33,40). The zero-order valence-corrected chi connectivity index (χ0v) is 23.6. The molecule has 0 spiro atoms. The van der Waals surface area contributed by atoms with Gasteiger partial charge in [-0.15, -0.1) is 5.10 Å². The monoisotopic (exact) mass is 533 g/mol. The van der Waals surface area contributed by atoms with Gasteiger partial charge in [-0.3, -0.25) is 9.69 Å². The Morgan fingerprint density at radius 1 is 0.875 bits per heavy atom.